The first-order chi connectivity index (χ1) is 11.7. The predicted molar refractivity (Wildman–Crippen MR) is 99.0 cm³/mol. The minimum absolute atomic E-state index is 0.265. The molecule has 2 aromatic carbocycles. The highest BCUT2D eigenvalue weighted by Crippen LogP contribution is 2.39. The summed E-state index contributed by atoms with van der Waals surface area (Å²) < 4.78 is 13.9. The molecule has 0 bridgehead atoms. The van der Waals surface area contributed by atoms with Crippen LogP contribution in [0.4, 0.5) is 4.39 Å². The molecular formula is C22H29FO. The molecule has 130 valence electrons. The van der Waals surface area contributed by atoms with E-state index in [4.69, 9.17) is 0 Å². The Morgan fingerprint density at radius 3 is 2.54 bits per heavy atom. The minimum atomic E-state index is -0.505. The Kier molecular flexibility index (Phi) is 5.76. The van der Waals surface area contributed by atoms with Gasteiger partial charge < -0.3 is 5.11 Å². The SMILES string of the molecule is CCCCCCC1CCC(c2ccc3c(F)c(O)ccc3c2)CC1. The van der Waals surface area contributed by atoms with Gasteiger partial charge in [-0.3, -0.25) is 0 Å². The summed E-state index contributed by atoms with van der Waals surface area (Å²) in [5.74, 6) is 0.750. The minimum Gasteiger partial charge on any atom is -0.505 e. The van der Waals surface area contributed by atoms with Crippen LogP contribution >= 0.6 is 0 Å². The summed E-state index contributed by atoms with van der Waals surface area (Å²) in [5, 5.41) is 10.9. The number of hydrogen-bond acceptors (Lipinski definition) is 1. The van der Waals surface area contributed by atoms with E-state index in [-0.39, 0.29) is 5.75 Å². The van der Waals surface area contributed by atoms with Crippen LogP contribution in [0, 0.1) is 11.7 Å². The fourth-order valence-corrected chi connectivity index (χ4v) is 4.20. The van der Waals surface area contributed by atoms with Gasteiger partial charge in [0, 0.05) is 5.39 Å². The predicted octanol–water partition coefficient (Wildman–Crippen LogP) is 6.93. The first-order valence-corrected chi connectivity index (χ1v) is 9.60. The summed E-state index contributed by atoms with van der Waals surface area (Å²) in [6.45, 7) is 2.27. The Morgan fingerprint density at radius 2 is 1.79 bits per heavy atom. The first-order valence-electron chi connectivity index (χ1n) is 9.60. The van der Waals surface area contributed by atoms with E-state index in [0.717, 1.165) is 11.3 Å². The van der Waals surface area contributed by atoms with Crippen LogP contribution in [0.3, 0.4) is 0 Å². The lowest BCUT2D eigenvalue weighted by Crippen LogP contribution is -2.13. The molecule has 0 atom stereocenters. The van der Waals surface area contributed by atoms with E-state index in [1.807, 2.05) is 12.1 Å². The fraction of sp³-hybridized carbons (Fsp3) is 0.545. The molecule has 0 amide bonds. The Labute approximate surface area is 144 Å². The number of rotatable bonds is 6. The molecule has 24 heavy (non-hydrogen) atoms. The standard InChI is InChI=1S/C22H29FO/c1-2-3-4-5-6-16-7-9-17(10-8-16)18-11-13-20-19(15-18)12-14-21(24)22(20)23/h11-17,24H,2-10H2,1H3. The van der Waals surface area contributed by atoms with Gasteiger partial charge in [-0.1, -0.05) is 63.3 Å². The van der Waals surface area contributed by atoms with Crippen molar-refractivity contribution in [2.24, 2.45) is 5.92 Å². The topological polar surface area (TPSA) is 20.2 Å². The van der Waals surface area contributed by atoms with Gasteiger partial charge in [0.2, 0.25) is 0 Å². The molecule has 0 spiro atoms. The highest BCUT2D eigenvalue weighted by Gasteiger charge is 2.22. The second kappa shape index (κ2) is 8.00. The normalized spacial score (nSPS) is 21.2. The molecule has 0 aliphatic heterocycles. The molecule has 1 fully saturated rings. The number of phenolic OH excluding ortho intramolecular Hbond substituents is 1. The van der Waals surface area contributed by atoms with E-state index >= 15 is 0 Å². The van der Waals surface area contributed by atoms with Crippen molar-refractivity contribution in [2.75, 3.05) is 0 Å². The summed E-state index contributed by atoms with van der Waals surface area (Å²) in [6, 6.07) is 9.27. The molecule has 1 aliphatic carbocycles. The number of hydrogen-bond donors (Lipinski definition) is 1. The molecule has 1 N–H and O–H groups in total. The maximum atomic E-state index is 13.9. The van der Waals surface area contributed by atoms with E-state index in [9.17, 15) is 9.50 Å². The van der Waals surface area contributed by atoms with Gasteiger partial charge in [0.25, 0.3) is 0 Å². The summed E-state index contributed by atoms with van der Waals surface area (Å²) in [7, 11) is 0. The summed E-state index contributed by atoms with van der Waals surface area (Å²) in [5.41, 5.74) is 1.33. The van der Waals surface area contributed by atoms with Crippen LogP contribution in [0.25, 0.3) is 10.8 Å². The Bertz CT molecular complexity index is 671. The van der Waals surface area contributed by atoms with Crippen molar-refractivity contribution in [3.8, 4) is 5.75 Å². The van der Waals surface area contributed by atoms with Crippen LogP contribution in [0.1, 0.15) is 76.2 Å². The zero-order valence-electron chi connectivity index (χ0n) is 14.7. The van der Waals surface area contributed by atoms with Crippen LogP contribution < -0.4 is 0 Å². The molecule has 3 rings (SSSR count). The molecular weight excluding hydrogens is 299 g/mol. The quantitative estimate of drug-likeness (QED) is 0.570. The largest absolute Gasteiger partial charge is 0.505 e. The highest BCUT2D eigenvalue weighted by atomic mass is 19.1. The lowest BCUT2D eigenvalue weighted by molar-refractivity contribution is 0.302. The van der Waals surface area contributed by atoms with Crippen molar-refractivity contribution in [2.45, 2.75) is 70.6 Å². The van der Waals surface area contributed by atoms with Crippen LogP contribution in [0.2, 0.25) is 0 Å². The maximum Gasteiger partial charge on any atom is 0.172 e. The molecule has 0 heterocycles. The molecule has 2 aromatic rings. The van der Waals surface area contributed by atoms with E-state index in [0.29, 0.717) is 11.3 Å². The molecule has 1 saturated carbocycles. The van der Waals surface area contributed by atoms with Gasteiger partial charge >= 0.3 is 0 Å². The van der Waals surface area contributed by atoms with Crippen LogP contribution in [0.15, 0.2) is 30.3 Å². The van der Waals surface area contributed by atoms with E-state index in [1.54, 1.807) is 0 Å². The van der Waals surface area contributed by atoms with Crippen molar-refractivity contribution in [1.82, 2.24) is 0 Å². The monoisotopic (exact) mass is 328 g/mol. The third-order valence-electron chi connectivity index (χ3n) is 5.74. The van der Waals surface area contributed by atoms with Crippen molar-refractivity contribution in [3.63, 3.8) is 0 Å². The Morgan fingerprint density at radius 1 is 1.00 bits per heavy atom. The van der Waals surface area contributed by atoms with Gasteiger partial charge in [-0.2, -0.15) is 0 Å². The maximum absolute atomic E-state index is 13.9. The van der Waals surface area contributed by atoms with Crippen LogP contribution in [-0.2, 0) is 0 Å². The number of unbranched alkanes of at least 4 members (excludes halogenated alkanes) is 3. The summed E-state index contributed by atoms with van der Waals surface area (Å²) in [6.07, 6.45) is 12.0. The van der Waals surface area contributed by atoms with Gasteiger partial charge in [0.05, 0.1) is 0 Å². The number of benzene rings is 2. The third-order valence-corrected chi connectivity index (χ3v) is 5.74. The molecule has 0 unspecified atom stereocenters. The van der Waals surface area contributed by atoms with Crippen LogP contribution in [-0.4, -0.2) is 5.11 Å². The van der Waals surface area contributed by atoms with Crippen molar-refractivity contribution in [3.05, 3.63) is 41.7 Å². The highest BCUT2D eigenvalue weighted by molar-refractivity contribution is 5.85. The lowest BCUT2D eigenvalue weighted by atomic mass is 9.77. The van der Waals surface area contributed by atoms with Crippen molar-refractivity contribution >= 4 is 10.8 Å². The molecule has 0 saturated heterocycles. The smallest absolute Gasteiger partial charge is 0.172 e. The van der Waals surface area contributed by atoms with E-state index in [1.165, 1.54) is 69.4 Å². The number of aromatic hydroxyl groups is 1. The third kappa shape index (κ3) is 3.91. The number of fused-ring (bicyclic) bond motifs is 1. The Hall–Kier alpha value is -1.57. The van der Waals surface area contributed by atoms with E-state index in [2.05, 4.69) is 19.1 Å². The van der Waals surface area contributed by atoms with Gasteiger partial charge in [-0.05, 0) is 54.5 Å². The summed E-state index contributed by atoms with van der Waals surface area (Å²) >= 11 is 0. The first kappa shape index (κ1) is 17.3. The van der Waals surface area contributed by atoms with Gasteiger partial charge in [0.15, 0.2) is 11.6 Å². The van der Waals surface area contributed by atoms with E-state index < -0.39 is 5.82 Å². The average molecular weight is 328 g/mol. The Balaban J connectivity index is 1.60. The van der Waals surface area contributed by atoms with Crippen LogP contribution in [0.5, 0.6) is 5.75 Å². The van der Waals surface area contributed by atoms with Gasteiger partial charge in [0.1, 0.15) is 0 Å². The van der Waals surface area contributed by atoms with Crippen molar-refractivity contribution < 1.29 is 9.50 Å². The van der Waals surface area contributed by atoms with Crippen molar-refractivity contribution in [1.29, 1.82) is 0 Å². The number of halogens is 1. The fourth-order valence-electron chi connectivity index (χ4n) is 4.20. The molecule has 1 aliphatic rings. The average Bonchev–Trinajstić information content (AvgIpc) is 2.62. The van der Waals surface area contributed by atoms with Gasteiger partial charge in [-0.15, -0.1) is 0 Å². The zero-order chi connectivity index (χ0) is 16.9. The number of phenols is 1. The van der Waals surface area contributed by atoms with Gasteiger partial charge in [-0.25, -0.2) is 4.39 Å². The second-order valence-corrected chi connectivity index (χ2v) is 7.45. The molecule has 0 radical (unpaired) electrons. The second-order valence-electron chi connectivity index (χ2n) is 7.45. The molecule has 1 nitrogen and oxygen atoms in total. The lowest BCUT2D eigenvalue weighted by Gasteiger charge is -2.29. The summed E-state index contributed by atoms with van der Waals surface area (Å²) in [4.78, 5) is 0. The zero-order valence-corrected chi connectivity index (χ0v) is 14.7. The molecule has 2 heteroatoms. The molecule has 0 aromatic heterocycles.